The Balaban J connectivity index is 1.76. The van der Waals surface area contributed by atoms with Crippen molar-refractivity contribution in [2.75, 3.05) is 0 Å². The molecule has 110 valence electrons. The lowest BCUT2D eigenvalue weighted by molar-refractivity contribution is 0.0957. The molecule has 3 rings (SSSR count). The lowest BCUT2D eigenvalue weighted by Gasteiger charge is -2.04. The summed E-state index contributed by atoms with van der Waals surface area (Å²) in [4.78, 5) is 14.6. The van der Waals surface area contributed by atoms with Crippen LogP contribution < -0.4 is 5.43 Å². The molecule has 0 aliphatic rings. The fourth-order valence-corrected chi connectivity index (χ4v) is 3.12. The first-order valence-corrected chi connectivity index (χ1v) is 7.99. The second-order valence-corrected chi connectivity index (χ2v) is 6.08. The van der Waals surface area contributed by atoms with Gasteiger partial charge < -0.3 is 0 Å². The number of nitrogens with zero attached hydrogens (tertiary/aromatic N) is 1. The van der Waals surface area contributed by atoms with Crippen LogP contribution in [0.2, 0.25) is 0 Å². The Morgan fingerprint density at radius 2 is 1.95 bits per heavy atom. The van der Waals surface area contributed by atoms with Crippen LogP contribution in [0.3, 0.4) is 0 Å². The average molecular weight is 308 g/mol. The molecule has 0 unspecified atom stereocenters. The molecule has 1 amide bonds. The fourth-order valence-electron chi connectivity index (χ4n) is 2.29. The third kappa shape index (κ3) is 3.07. The summed E-state index contributed by atoms with van der Waals surface area (Å²) in [6.45, 7) is 2.12. The number of fused-ring (bicyclic) bond motifs is 1. The molecule has 0 atom stereocenters. The number of carbonyl (C=O) groups is 1. The number of rotatable bonds is 4. The number of thiophene rings is 1. The Hall–Kier alpha value is -2.46. The number of benzene rings is 2. The van der Waals surface area contributed by atoms with Gasteiger partial charge in [0.05, 0.1) is 6.21 Å². The van der Waals surface area contributed by atoms with Gasteiger partial charge in [-0.2, -0.15) is 5.10 Å². The maximum atomic E-state index is 12.3. The van der Waals surface area contributed by atoms with Gasteiger partial charge in [-0.25, -0.2) is 5.43 Å². The van der Waals surface area contributed by atoms with Crippen LogP contribution in [0.4, 0.5) is 0 Å². The largest absolute Gasteiger partial charge is 0.271 e. The Bertz CT molecular complexity index is 830. The number of hydrogen-bond acceptors (Lipinski definition) is 3. The van der Waals surface area contributed by atoms with Crippen molar-refractivity contribution < 1.29 is 4.79 Å². The van der Waals surface area contributed by atoms with Crippen molar-refractivity contribution in [2.24, 2.45) is 5.10 Å². The highest BCUT2D eigenvalue weighted by molar-refractivity contribution is 7.13. The van der Waals surface area contributed by atoms with Crippen molar-refractivity contribution >= 4 is 34.2 Å². The number of carbonyl (C=O) groups excluding carboxylic acids is 1. The second-order valence-electron chi connectivity index (χ2n) is 4.88. The average Bonchev–Trinajstić information content (AvgIpc) is 3.02. The minimum atomic E-state index is -0.194. The highest BCUT2D eigenvalue weighted by atomic mass is 32.1. The van der Waals surface area contributed by atoms with E-state index < -0.39 is 0 Å². The molecular formula is C18H16N2OS. The molecule has 0 spiro atoms. The van der Waals surface area contributed by atoms with E-state index in [-0.39, 0.29) is 5.91 Å². The summed E-state index contributed by atoms with van der Waals surface area (Å²) in [5.41, 5.74) is 3.24. The van der Waals surface area contributed by atoms with Crippen LogP contribution in [0.1, 0.15) is 27.0 Å². The predicted octanol–water partition coefficient (Wildman–Crippen LogP) is 4.23. The molecule has 0 radical (unpaired) electrons. The van der Waals surface area contributed by atoms with Crippen LogP contribution in [0.25, 0.3) is 10.8 Å². The zero-order valence-electron chi connectivity index (χ0n) is 12.2. The SMILES string of the molecule is CCc1ccc(C=NNC(=O)c2cccc3ccccc23)s1. The molecule has 0 saturated heterocycles. The van der Waals surface area contributed by atoms with Crippen LogP contribution >= 0.6 is 11.3 Å². The second kappa shape index (κ2) is 6.54. The van der Waals surface area contributed by atoms with Crippen molar-refractivity contribution in [1.82, 2.24) is 5.43 Å². The van der Waals surface area contributed by atoms with Crippen LogP contribution in [0, 0.1) is 0 Å². The first-order valence-electron chi connectivity index (χ1n) is 7.18. The van der Waals surface area contributed by atoms with Gasteiger partial charge in [0.2, 0.25) is 0 Å². The molecule has 22 heavy (non-hydrogen) atoms. The molecular weight excluding hydrogens is 292 g/mol. The maximum absolute atomic E-state index is 12.3. The molecule has 3 nitrogen and oxygen atoms in total. The summed E-state index contributed by atoms with van der Waals surface area (Å²) in [7, 11) is 0. The third-order valence-corrected chi connectivity index (χ3v) is 4.59. The monoisotopic (exact) mass is 308 g/mol. The van der Waals surface area contributed by atoms with E-state index in [4.69, 9.17) is 0 Å². The van der Waals surface area contributed by atoms with Gasteiger partial charge >= 0.3 is 0 Å². The molecule has 1 aromatic heterocycles. The maximum Gasteiger partial charge on any atom is 0.271 e. The Morgan fingerprint density at radius 1 is 1.14 bits per heavy atom. The summed E-state index contributed by atoms with van der Waals surface area (Å²) in [6, 6.07) is 17.6. The standard InChI is InChI=1S/C18H16N2OS/c1-2-14-10-11-15(22-14)12-19-20-18(21)17-9-5-7-13-6-3-4-8-16(13)17/h3-12H,2H2,1H3,(H,20,21). The minimum absolute atomic E-state index is 0.194. The van der Waals surface area contributed by atoms with Gasteiger partial charge in [-0.05, 0) is 35.4 Å². The van der Waals surface area contributed by atoms with E-state index in [1.807, 2.05) is 48.5 Å². The lowest BCUT2D eigenvalue weighted by Crippen LogP contribution is -2.17. The summed E-state index contributed by atoms with van der Waals surface area (Å²) >= 11 is 1.68. The van der Waals surface area contributed by atoms with E-state index in [9.17, 15) is 4.79 Å². The zero-order valence-corrected chi connectivity index (χ0v) is 13.1. The third-order valence-electron chi connectivity index (χ3n) is 3.42. The van der Waals surface area contributed by atoms with E-state index in [0.29, 0.717) is 5.56 Å². The van der Waals surface area contributed by atoms with Gasteiger partial charge in [-0.15, -0.1) is 11.3 Å². The van der Waals surface area contributed by atoms with Crippen LogP contribution in [-0.2, 0) is 6.42 Å². The van der Waals surface area contributed by atoms with E-state index >= 15 is 0 Å². The van der Waals surface area contributed by atoms with Crippen molar-refractivity contribution in [3.8, 4) is 0 Å². The van der Waals surface area contributed by atoms with E-state index in [2.05, 4.69) is 23.5 Å². The normalized spacial score (nSPS) is 11.1. The molecule has 0 saturated carbocycles. The summed E-state index contributed by atoms with van der Waals surface area (Å²) in [6.07, 6.45) is 2.70. The summed E-state index contributed by atoms with van der Waals surface area (Å²) < 4.78 is 0. The topological polar surface area (TPSA) is 41.5 Å². The smallest absolute Gasteiger partial charge is 0.267 e. The molecule has 0 fully saturated rings. The van der Waals surface area contributed by atoms with Gasteiger partial charge in [0.1, 0.15) is 0 Å². The minimum Gasteiger partial charge on any atom is -0.267 e. The molecule has 2 aromatic carbocycles. The molecule has 0 aliphatic carbocycles. The molecule has 1 heterocycles. The number of amides is 1. The quantitative estimate of drug-likeness (QED) is 0.569. The van der Waals surface area contributed by atoms with Crippen LogP contribution in [0.5, 0.6) is 0 Å². The van der Waals surface area contributed by atoms with Gasteiger partial charge in [0.15, 0.2) is 0 Å². The molecule has 4 heteroatoms. The van der Waals surface area contributed by atoms with Crippen molar-refractivity contribution in [3.63, 3.8) is 0 Å². The number of nitrogens with one attached hydrogen (secondary N) is 1. The Morgan fingerprint density at radius 3 is 2.77 bits per heavy atom. The first kappa shape index (κ1) is 14.5. The Kier molecular flexibility index (Phi) is 4.30. The zero-order chi connectivity index (χ0) is 15.4. The van der Waals surface area contributed by atoms with Crippen molar-refractivity contribution in [1.29, 1.82) is 0 Å². The van der Waals surface area contributed by atoms with Gasteiger partial charge in [0, 0.05) is 15.3 Å². The van der Waals surface area contributed by atoms with Gasteiger partial charge in [-0.1, -0.05) is 43.3 Å². The van der Waals surface area contributed by atoms with E-state index in [0.717, 1.165) is 22.1 Å². The number of aryl methyl sites for hydroxylation is 1. The lowest BCUT2D eigenvalue weighted by atomic mass is 10.0. The van der Waals surface area contributed by atoms with Crippen LogP contribution in [0.15, 0.2) is 59.7 Å². The van der Waals surface area contributed by atoms with E-state index in [1.54, 1.807) is 17.6 Å². The summed E-state index contributed by atoms with van der Waals surface area (Å²) in [5.74, 6) is -0.194. The number of hydrogen-bond donors (Lipinski definition) is 1. The molecule has 3 aromatic rings. The van der Waals surface area contributed by atoms with Crippen LogP contribution in [-0.4, -0.2) is 12.1 Å². The van der Waals surface area contributed by atoms with E-state index in [1.165, 1.54) is 4.88 Å². The highest BCUT2D eigenvalue weighted by Crippen LogP contribution is 2.18. The van der Waals surface area contributed by atoms with Crippen molar-refractivity contribution in [2.45, 2.75) is 13.3 Å². The molecule has 0 aliphatic heterocycles. The van der Waals surface area contributed by atoms with Gasteiger partial charge in [-0.3, -0.25) is 4.79 Å². The molecule has 0 bridgehead atoms. The fraction of sp³-hybridized carbons (Fsp3) is 0.111. The van der Waals surface area contributed by atoms with Crippen molar-refractivity contribution in [3.05, 3.63) is 69.9 Å². The van der Waals surface area contributed by atoms with Gasteiger partial charge in [0.25, 0.3) is 5.91 Å². The highest BCUT2D eigenvalue weighted by Gasteiger charge is 2.08. The Labute approximate surface area is 133 Å². The predicted molar refractivity (Wildman–Crippen MR) is 92.7 cm³/mol. The molecule has 1 N–H and O–H groups in total. The number of hydrazone groups is 1. The summed E-state index contributed by atoms with van der Waals surface area (Å²) in [5, 5.41) is 6.04. The first-order chi connectivity index (χ1) is 10.8.